The SMILES string of the molecule is COc1ccc(S(=O)(=O)Nc2ccc(/C=C/C(C)=O)cc2)cc1. The van der Waals surface area contributed by atoms with Gasteiger partial charge in [-0.05, 0) is 55.0 Å². The van der Waals surface area contributed by atoms with Gasteiger partial charge >= 0.3 is 0 Å². The first-order valence-electron chi connectivity index (χ1n) is 6.86. The van der Waals surface area contributed by atoms with Gasteiger partial charge in [0.25, 0.3) is 10.0 Å². The minimum Gasteiger partial charge on any atom is -0.497 e. The number of rotatable bonds is 6. The Labute approximate surface area is 135 Å². The molecule has 0 aliphatic heterocycles. The van der Waals surface area contributed by atoms with Gasteiger partial charge in [-0.1, -0.05) is 18.2 Å². The quantitative estimate of drug-likeness (QED) is 0.826. The van der Waals surface area contributed by atoms with E-state index in [-0.39, 0.29) is 10.7 Å². The fourth-order valence-corrected chi connectivity index (χ4v) is 2.90. The van der Waals surface area contributed by atoms with Crippen molar-refractivity contribution in [3.63, 3.8) is 0 Å². The van der Waals surface area contributed by atoms with Crippen molar-refractivity contribution in [2.45, 2.75) is 11.8 Å². The summed E-state index contributed by atoms with van der Waals surface area (Å²) in [4.78, 5) is 11.0. The highest BCUT2D eigenvalue weighted by atomic mass is 32.2. The van der Waals surface area contributed by atoms with Crippen molar-refractivity contribution >= 4 is 27.6 Å². The summed E-state index contributed by atoms with van der Waals surface area (Å²) in [5.41, 5.74) is 1.26. The number of anilines is 1. The van der Waals surface area contributed by atoms with Crippen molar-refractivity contribution in [1.82, 2.24) is 0 Å². The number of carbonyl (C=O) groups excluding carboxylic acids is 1. The largest absolute Gasteiger partial charge is 0.497 e. The molecule has 0 fully saturated rings. The number of nitrogens with one attached hydrogen (secondary N) is 1. The molecular weight excluding hydrogens is 314 g/mol. The summed E-state index contributed by atoms with van der Waals surface area (Å²) in [6.45, 7) is 1.47. The van der Waals surface area contributed by atoms with Gasteiger partial charge in [0.05, 0.1) is 12.0 Å². The predicted octanol–water partition coefficient (Wildman–Crippen LogP) is 3.10. The van der Waals surface area contributed by atoms with Crippen LogP contribution in [0.2, 0.25) is 0 Å². The molecule has 120 valence electrons. The Balaban J connectivity index is 2.15. The number of benzene rings is 2. The van der Waals surface area contributed by atoms with Crippen LogP contribution in [0.25, 0.3) is 6.08 Å². The van der Waals surface area contributed by atoms with Crippen LogP contribution in [0.1, 0.15) is 12.5 Å². The Morgan fingerprint density at radius 2 is 1.65 bits per heavy atom. The molecule has 6 heteroatoms. The molecule has 0 saturated heterocycles. The maximum absolute atomic E-state index is 12.3. The average molecular weight is 331 g/mol. The third-order valence-electron chi connectivity index (χ3n) is 3.04. The van der Waals surface area contributed by atoms with E-state index >= 15 is 0 Å². The van der Waals surface area contributed by atoms with E-state index in [4.69, 9.17) is 4.74 Å². The lowest BCUT2D eigenvalue weighted by atomic mass is 10.2. The molecular formula is C17H17NO4S. The molecule has 0 aromatic heterocycles. The molecule has 5 nitrogen and oxygen atoms in total. The van der Waals surface area contributed by atoms with Gasteiger partial charge < -0.3 is 4.74 Å². The van der Waals surface area contributed by atoms with Gasteiger partial charge in [-0.25, -0.2) is 8.42 Å². The molecule has 0 heterocycles. The molecule has 1 N–H and O–H groups in total. The second kappa shape index (κ2) is 7.11. The predicted molar refractivity (Wildman–Crippen MR) is 90.0 cm³/mol. The van der Waals surface area contributed by atoms with Gasteiger partial charge in [-0.15, -0.1) is 0 Å². The van der Waals surface area contributed by atoms with Crippen LogP contribution >= 0.6 is 0 Å². The number of sulfonamides is 1. The first-order chi connectivity index (χ1) is 10.9. The van der Waals surface area contributed by atoms with Crippen LogP contribution < -0.4 is 9.46 Å². The molecule has 0 spiro atoms. The highest BCUT2D eigenvalue weighted by Crippen LogP contribution is 2.19. The van der Waals surface area contributed by atoms with E-state index in [1.807, 2.05) is 0 Å². The number of ether oxygens (including phenoxy) is 1. The first-order valence-corrected chi connectivity index (χ1v) is 8.34. The van der Waals surface area contributed by atoms with Crippen LogP contribution in [-0.2, 0) is 14.8 Å². The lowest BCUT2D eigenvalue weighted by molar-refractivity contribution is -0.112. The molecule has 0 radical (unpaired) electrons. The monoisotopic (exact) mass is 331 g/mol. The summed E-state index contributed by atoms with van der Waals surface area (Å²) in [6.07, 6.45) is 3.13. The number of carbonyl (C=O) groups is 1. The average Bonchev–Trinajstić information content (AvgIpc) is 2.54. The molecule has 2 rings (SSSR count). The summed E-state index contributed by atoms with van der Waals surface area (Å²) in [5, 5.41) is 0. The van der Waals surface area contributed by atoms with E-state index in [1.165, 1.54) is 32.2 Å². The Hall–Kier alpha value is -2.60. The highest BCUT2D eigenvalue weighted by molar-refractivity contribution is 7.92. The van der Waals surface area contributed by atoms with Crippen LogP contribution in [0.15, 0.2) is 59.5 Å². The normalized spacial score (nSPS) is 11.4. The van der Waals surface area contributed by atoms with E-state index in [0.29, 0.717) is 11.4 Å². The third kappa shape index (κ3) is 4.69. The minimum atomic E-state index is -3.65. The number of ketones is 1. The summed E-state index contributed by atoms with van der Waals surface area (Å²) >= 11 is 0. The van der Waals surface area contributed by atoms with E-state index in [9.17, 15) is 13.2 Å². The van der Waals surface area contributed by atoms with Crippen LogP contribution in [0, 0.1) is 0 Å². The molecule has 0 amide bonds. The summed E-state index contributed by atoms with van der Waals surface area (Å²) in [7, 11) is -2.14. The zero-order valence-electron chi connectivity index (χ0n) is 12.8. The van der Waals surface area contributed by atoms with Crippen molar-refractivity contribution in [3.05, 3.63) is 60.2 Å². The Kier molecular flexibility index (Phi) is 5.18. The van der Waals surface area contributed by atoms with Crippen molar-refractivity contribution in [1.29, 1.82) is 0 Å². The van der Waals surface area contributed by atoms with Crippen molar-refractivity contribution in [2.24, 2.45) is 0 Å². The van der Waals surface area contributed by atoms with Gasteiger partial charge in [0, 0.05) is 5.69 Å². The fourth-order valence-electron chi connectivity index (χ4n) is 1.84. The lowest BCUT2D eigenvalue weighted by Gasteiger charge is -2.09. The number of allylic oxidation sites excluding steroid dienone is 1. The van der Waals surface area contributed by atoms with Gasteiger partial charge in [-0.3, -0.25) is 9.52 Å². The Bertz CT molecular complexity index is 807. The minimum absolute atomic E-state index is 0.0470. The topological polar surface area (TPSA) is 72.5 Å². The number of methoxy groups -OCH3 is 1. The van der Waals surface area contributed by atoms with Gasteiger partial charge in [0.15, 0.2) is 5.78 Å². The zero-order chi connectivity index (χ0) is 16.9. The first kappa shape index (κ1) is 16.8. The van der Waals surface area contributed by atoms with E-state index in [0.717, 1.165) is 5.56 Å². The fraction of sp³-hybridized carbons (Fsp3) is 0.118. The summed E-state index contributed by atoms with van der Waals surface area (Å²) in [6, 6.07) is 12.9. The molecule has 2 aromatic rings. The standard InChI is InChI=1S/C17H17NO4S/c1-13(19)3-4-14-5-7-15(8-6-14)18-23(20,21)17-11-9-16(22-2)10-12-17/h3-12,18H,1-2H3/b4-3+. The molecule has 0 aliphatic carbocycles. The maximum atomic E-state index is 12.3. The summed E-state index contributed by atoms with van der Waals surface area (Å²) in [5.74, 6) is 0.542. The molecule has 0 aliphatic rings. The molecule has 0 bridgehead atoms. The third-order valence-corrected chi connectivity index (χ3v) is 4.44. The zero-order valence-corrected chi connectivity index (χ0v) is 13.6. The molecule has 0 saturated carbocycles. The van der Waals surface area contributed by atoms with Gasteiger partial charge in [-0.2, -0.15) is 0 Å². The van der Waals surface area contributed by atoms with Crippen LogP contribution in [-0.4, -0.2) is 21.3 Å². The number of hydrogen-bond acceptors (Lipinski definition) is 4. The van der Waals surface area contributed by atoms with Crippen LogP contribution in [0.5, 0.6) is 5.75 Å². The molecule has 0 atom stereocenters. The second-order valence-electron chi connectivity index (χ2n) is 4.85. The highest BCUT2D eigenvalue weighted by Gasteiger charge is 2.13. The molecule has 2 aromatic carbocycles. The Morgan fingerprint density at radius 1 is 1.04 bits per heavy atom. The summed E-state index contributed by atoms with van der Waals surface area (Å²) < 4.78 is 32.1. The molecule has 23 heavy (non-hydrogen) atoms. The van der Waals surface area contributed by atoms with Crippen molar-refractivity contribution in [3.8, 4) is 5.75 Å². The Morgan fingerprint density at radius 3 is 2.17 bits per heavy atom. The van der Waals surface area contributed by atoms with Gasteiger partial charge in [0.1, 0.15) is 5.75 Å². The smallest absolute Gasteiger partial charge is 0.261 e. The van der Waals surface area contributed by atoms with Gasteiger partial charge in [0.2, 0.25) is 0 Å². The second-order valence-corrected chi connectivity index (χ2v) is 6.53. The van der Waals surface area contributed by atoms with Crippen molar-refractivity contribution in [2.75, 3.05) is 11.8 Å². The van der Waals surface area contributed by atoms with Crippen molar-refractivity contribution < 1.29 is 17.9 Å². The molecule has 0 unspecified atom stereocenters. The van der Waals surface area contributed by atoms with Crippen LogP contribution in [0.4, 0.5) is 5.69 Å². The van der Waals surface area contributed by atoms with Crippen LogP contribution in [0.3, 0.4) is 0 Å². The maximum Gasteiger partial charge on any atom is 0.261 e. The number of hydrogen-bond donors (Lipinski definition) is 1. The van der Waals surface area contributed by atoms with E-state index < -0.39 is 10.0 Å². The van der Waals surface area contributed by atoms with E-state index in [2.05, 4.69) is 4.72 Å². The lowest BCUT2D eigenvalue weighted by Crippen LogP contribution is -2.12. The van der Waals surface area contributed by atoms with E-state index in [1.54, 1.807) is 42.5 Å².